The molecule has 4 rings (SSSR count). The van der Waals surface area contributed by atoms with Crippen LogP contribution in [-0.2, 0) is 9.59 Å². The molecule has 5 heteroatoms. The van der Waals surface area contributed by atoms with Gasteiger partial charge in [0.05, 0.1) is 0 Å². The van der Waals surface area contributed by atoms with E-state index in [1.54, 1.807) is 12.1 Å². The van der Waals surface area contributed by atoms with Crippen molar-refractivity contribution in [3.05, 3.63) is 35.6 Å². The van der Waals surface area contributed by atoms with Crippen molar-refractivity contribution in [2.75, 3.05) is 6.54 Å². The number of benzene rings is 1. The summed E-state index contributed by atoms with van der Waals surface area (Å²) in [6.07, 6.45) is 11.9. The summed E-state index contributed by atoms with van der Waals surface area (Å²) in [6.45, 7) is 2.46. The van der Waals surface area contributed by atoms with E-state index in [1.807, 2.05) is 9.80 Å². The van der Waals surface area contributed by atoms with Gasteiger partial charge < -0.3 is 9.80 Å². The molecule has 1 saturated heterocycles. The number of hydrogen-bond donors (Lipinski definition) is 0. The average Bonchev–Trinajstić information content (AvgIpc) is 2.71. The molecule has 164 valence electrons. The lowest BCUT2D eigenvalue weighted by atomic mass is 9.85. The third-order valence-corrected chi connectivity index (χ3v) is 7.47. The molecule has 0 bridgehead atoms. The minimum absolute atomic E-state index is 0.0304. The number of rotatable bonds is 3. The number of hydrogen-bond acceptors (Lipinski definition) is 2. The maximum Gasteiger partial charge on any atom is 0.250 e. The number of amides is 2. The zero-order chi connectivity index (χ0) is 21.1. The number of carbonyl (C=O) groups excluding carboxylic acids is 2. The van der Waals surface area contributed by atoms with Crippen molar-refractivity contribution >= 4 is 11.8 Å². The van der Waals surface area contributed by atoms with Crippen LogP contribution in [0.25, 0.3) is 0 Å². The van der Waals surface area contributed by atoms with Crippen LogP contribution < -0.4 is 0 Å². The van der Waals surface area contributed by atoms with E-state index in [0.717, 1.165) is 56.9 Å². The molecule has 2 aliphatic carbocycles. The van der Waals surface area contributed by atoms with Crippen molar-refractivity contribution in [3.8, 4) is 0 Å². The second-order valence-electron chi connectivity index (χ2n) is 9.63. The fourth-order valence-electron chi connectivity index (χ4n) is 5.66. The molecule has 0 aromatic heterocycles. The maximum atomic E-state index is 13.8. The van der Waals surface area contributed by atoms with E-state index in [2.05, 4.69) is 6.92 Å². The fraction of sp³-hybridized carbons (Fsp3) is 0.680. The SMILES string of the molecule is CC1CCC(N2CC(=O)N(C3CCCCCCC3)C(c3ccc(F)cc3)C2=O)CC1. The van der Waals surface area contributed by atoms with Gasteiger partial charge in [0.2, 0.25) is 5.91 Å². The lowest BCUT2D eigenvalue weighted by Gasteiger charge is -2.48. The topological polar surface area (TPSA) is 40.6 Å². The summed E-state index contributed by atoms with van der Waals surface area (Å²) >= 11 is 0. The van der Waals surface area contributed by atoms with Crippen molar-refractivity contribution in [3.63, 3.8) is 0 Å². The Hall–Kier alpha value is -1.91. The highest BCUT2D eigenvalue weighted by atomic mass is 19.1. The van der Waals surface area contributed by atoms with E-state index in [1.165, 1.54) is 31.4 Å². The van der Waals surface area contributed by atoms with Crippen molar-refractivity contribution in [1.82, 2.24) is 9.80 Å². The van der Waals surface area contributed by atoms with Gasteiger partial charge in [0, 0.05) is 12.1 Å². The van der Waals surface area contributed by atoms with Crippen LogP contribution in [0.15, 0.2) is 24.3 Å². The molecule has 1 aromatic carbocycles. The zero-order valence-corrected chi connectivity index (χ0v) is 18.2. The molecule has 3 fully saturated rings. The molecule has 1 aliphatic heterocycles. The molecule has 0 spiro atoms. The van der Waals surface area contributed by atoms with E-state index >= 15 is 0 Å². The molecule has 0 radical (unpaired) electrons. The Morgan fingerprint density at radius 1 is 0.800 bits per heavy atom. The summed E-state index contributed by atoms with van der Waals surface area (Å²) in [7, 11) is 0. The minimum atomic E-state index is -0.615. The van der Waals surface area contributed by atoms with Gasteiger partial charge in [0.25, 0.3) is 5.91 Å². The summed E-state index contributed by atoms with van der Waals surface area (Å²) in [5.74, 6) is 0.469. The van der Waals surface area contributed by atoms with Gasteiger partial charge in [-0.15, -0.1) is 0 Å². The van der Waals surface area contributed by atoms with Crippen LogP contribution in [0.4, 0.5) is 4.39 Å². The van der Waals surface area contributed by atoms with Crippen molar-refractivity contribution in [2.24, 2.45) is 5.92 Å². The molecule has 30 heavy (non-hydrogen) atoms. The molecule has 0 N–H and O–H groups in total. The van der Waals surface area contributed by atoms with Gasteiger partial charge in [-0.2, -0.15) is 0 Å². The van der Waals surface area contributed by atoms with E-state index < -0.39 is 6.04 Å². The van der Waals surface area contributed by atoms with Crippen LogP contribution in [0.5, 0.6) is 0 Å². The maximum absolute atomic E-state index is 13.8. The van der Waals surface area contributed by atoms with Gasteiger partial charge in [0.15, 0.2) is 0 Å². The van der Waals surface area contributed by atoms with Crippen LogP contribution >= 0.6 is 0 Å². The molecule has 1 heterocycles. The number of piperazine rings is 1. The standard InChI is InChI=1S/C25H35FN2O2/c1-18-9-15-21(16-10-18)27-17-23(29)28(22-7-5-3-2-4-6-8-22)24(25(27)30)19-11-13-20(26)14-12-19/h11-14,18,21-22,24H,2-10,15-17H2,1H3. The Labute approximate surface area is 179 Å². The van der Waals surface area contributed by atoms with Crippen LogP contribution in [0, 0.1) is 11.7 Å². The summed E-state index contributed by atoms with van der Waals surface area (Å²) < 4.78 is 13.6. The first-order valence-corrected chi connectivity index (χ1v) is 11.9. The lowest BCUT2D eigenvalue weighted by Crippen LogP contribution is -2.61. The summed E-state index contributed by atoms with van der Waals surface area (Å²) in [4.78, 5) is 31.0. The largest absolute Gasteiger partial charge is 0.328 e. The quantitative estimate of drug-likeness (QED) is 0.680. The van der Waals surface area contributed by atoms with Crippen LogP contribution in [0.3, 0.4) is 0 Å². The summed E-state index contributed by atoms with van der Waals surface area (Å²) in [6, 6.07) is 5.83. The van der Waals surface area contributed by atoms with Crippen LogP contribution in [0.2, 0.25) is 0 Å². The Balaban J connectivity index is 1.64. The fourth-order valence-corrected chi connectivity index (χ4v) is 5.66. The summed E-state index contributed by atoms with van der Waals surface area (Å²) in [5.41, 5.74) is 0.741. The highest BCUT2D eigenvalue weighted by Crippen LogP contribution is 2.37. The third kappa shape index (κ3) is 4.55. The first kappa shape index (κ1) is 21.3. The molecule has 4 nitrogen and oxygen atoms in total. The van der Waals surface area contributed by atoms with Gasteiger partial charge in [-0.1, -0.05) is 51.2 Å². The van der Waals surface area contributed by atoms with Gasteiger partial charge in [-0.3, -0.25) is 9.59 Å². The van der Waals surface area contributed by atoms with Crippen molar-refractivity contribution in [1.29, 1.82) is 0 Å². The van der Waals surface area contributed by atoms with Crippen LogP contribution in [-0.4, -0.2) is 40.2 Å². The van der Waals surface area contributed by atoms with Crippen molar-refractivity contribution in [2.45, 2.75) is 95.7 Å². The van der Waals surface area contributed by atoms with Gasteiger partial charge in [-0.05, 0) is 62.1 Å². The Bertz CT molecular complexity index is 734. The normalized spacial score (nSPS) is 29.6. The second-order valence-corrected chi connectivity index (χ2v) is 9.63. The van der Waals surface area contributed by atoms with E-state index in [9.17, 15) is 14.0 Å². The van der Waals surface area contributed by atoms with Crippen molar-refractivity contribution < 1.29 is 14.0 Å². The smallest absolute Gasteiger partial charge is 0.250 e. The Kier molecular flexibility index (Phi) is 6.74. The molecular weight excluding hydrogens is 379 g/mol. The van der Waals surface area contributed by atoms with E-state index in [0.29, 0.717) is 5.92 Å². The highest BCUT2D eigenvalue weighted by Gasteiger charge is 2.45. The predicted octanol–water partition coefficient (Wildman–Crippen LogP) is 5.23. The molecular formula is C25H35FN2O2. The van der Waals surface area contributed by atoms with Gasteiger partial charge in [-0.25, -0.2) is 4.39 Å². The number of halogens is 1. The van der Waals surface area contributed by atoms with Gasteiger partial charge in [0.1, 0.15) is 18.4 Å². The second kappa shape index (κ2) is 9.49. The predicted molar refractivity (Wildman–Crippen MR) is 115 cm³/mol. The first-order valence-electron chi connectivity index (χ1n) is 11.9. The molecule has 1 aromatic rings. The van der Waals surface area contributed by atoms with E-state index in [-0.39, 0.29) is 36.3 Å². The molecule has 1 atom stereocenters. The first-order chi connectivity index (χ1) is 14.5. The zero-order valence-electron chi connectivity index (χ0n) is 18.2. The third-order valence-electron chi connectivity index (χ3n) is 7.47. The molecule has 2 amide bonds. The Morgan fingerprint density at radius 3 is 2.03 bits per heavy atom. The number of carbonyl (C=O) groups is 2. The average molecular weight is 415 g/mol. The highest BCUT2D eigenvalue weighted by molar-refractivity contribution is 5.96. The lowest BCUT2D eigenvalue weighted by molar-refractivity contribution is -0.162. The number of nitrogens with zero attached hydrogens (tertiary/aromatic N) is 2. The minimum Gasteiger partial charge on any atom is -0.328 e. The summed E-state index contributed by atoms with van der Waals surface area (Å²) in [5, 5.41) is 0. The van der Waals surface area contributed by atoms with E-state index in [4.69, 9.17) is 0 Å². The monoisotopic (exact) mass is 414 g/mol. The molecule has 3 aliphatic rings. The van der Waals surface area contributed by atoms with Crippen LogP contribution in [0.1, 0.15) is 89.2 Å². The van der Waals surface area contributed by atoms with Gasteiger partial charge >= 0.3 is 0 Å². The molecule has 2 saturated carbocycles. The molecule has 1 unspecified atom stereocenters. The Morgan fingerprint density at radius 2 is 1.40 bits per heavy atom.